The zero-order chi connectivity index (χ0) is 18.8. The summed E-state index contributed by atoms with van der Waals surface area (Å²) in [5.74, 6) is 1.21. The second-order valence-electron chi connectivity index (χ2n) is 6.06. The first kappa shape index (κ1) is 16.7. The molecule has 7 heteroatoms. The number of pyridine rings is 2. The van der Waals surface area contributed by atoms with Crippen molar-refractivity contribution in [1.82, 2.24) is 19.9 Å². The summed E-state index contributed by atoms with van der Waals surface area (Å²) in [6, 6.07) is 9.43. The number of nitrogens with zero attached hydrogens (tertiary/aromatic N) is 3. The average molecular weight is 359 g/mol. The molecule has 0 saturated heterocycles. The molecule has 0 bridgehead atoms. The van der Waals surface area contributed by atoms with Gasteiger partial charge in [-0.15, -0.1) is 0 Å². The van der Waals surface area contributed by atoms with E-state index in [0.717, 1.165) is 28.0 Å². The van der Waals surface area contributed by atoms with Gasteiger partial charge in [-0.05, 0) is 36.1 Å². The van der Waals surface area contributed by atoms with Gasteiger partial charge in [-0.2, -0.15) is 0 Å². The van der Waals surface area contributed by atoms with Crippen molar-refractivity contribution in [3.05, 3.63) is 71.2 Å². The molecule has 0 aliphatic heterocycles. The molecule has 3 aromatic heterocycles. The van der Waals surface area contributed by atoms with Gasteiger partial charge in [-0.3, -0.25) is 4.79 Å². The molecule has 0 spiro atoms. The van der Waals surface area contributed by atoms with Gasteiger partial charge in [-0.25, -0.2) is 15.0 Å². The summed E-state index contributed by atoms with van der Waals surface area (Å²) in [5, 5.41) is 4.50. The van der Waals surface area contributed by atoms with Gasteiger partial charge < -0.3 is 15.0 Å². The second-order valence-corrected chi connectivity index (χ2v) is 6.06. The first-order valence-corrected chi connectivity index (χ1v) is 8.35. The number of aromatic amines is 1. The molecule has 0 saturated carbocycles. The van der Waals surface area contributed by atoms with Crippen LogP contribution < -0.4 is 15.6 Å². The molecule has 4 aromatic rings. The van der Waals surface area contributed by atoms with Gasteiger partial charge in [0.25, 0.3) is 5.56 Å². The van der Waals surface area contributed by atoms with E-state index in [1.54, 1.807) is 25.7 Å². The molecule has 27 heavy (non-hydrogen) atoms. The Hall–Kier alpha value is -3.74. The van der Waals surface area contributed by atoms with Crippen LogP contribution in [0, 0.1) is 6.92 Å². The Labute approximate surface area is 155 Å². The Bertz CT molecular complexity index is 1170. The van der Waals surface area contributed by atoms with E-state index in [0.29, 0.717) is 16.9 Å². The molecule has 0 amide bonds. The maximum absolute atomic E-state index is 12.4. The number of H-pyrrole nitrogens is 1. The third-order valence-corrected chi connectivity index (χ3v) is 4.28. The summed E-state index contributed by atoms with van der Waals surface area (Å²) in [7, 11) is 1.63. The largest absolute Gasteiger partial charge is 0.496 e. The molecule has 2 N–H and O–H groups in total. The fraction of sp³-hybridized carbons (Fsp3) is 0.100. The molecular formula is C20H17N5O2. The number of anilines is 2. The van der Waals surface area contributed by atoms with Gasteiger partial charge in [0.15, 0.2) is 0 Å². The van der Waals surface area contributed by atoms with Crippen molar-refractivity contribution in [1.29, 1.82) is 0 Å². The van der Waals surface area contributed by atoms with Gasteiger partial charge >= 0.3 is 0 Å². The van der Waals surface area contributed by atoms with Crippen molar-refractivity contribution in [2.24, 2.45) is 0 Å². The lowest BCUT2D eigenvalue weighted by molar-refractivity contribution is 0.412. The summed E-state index contributed by atoms with van der Waals surface area (Å²) in [6.45, 7) is 1.97. The number of benzene rings is 1. The Kier molecular flexibility index (Phi) is 4.25. The number of methoxy groups -OCH3 is 1. The fourth-order valence-electron chi connectivity index (χ4n) is 2.92. The van der Waals surface area contributed by atoms with E-state index < -0.39 is 0 Å². The lowest BCUT2D eigenvalue weighted by Gasteiger charge is -2.13. The van der Waals surface area contributed by atoms with E-state index in [2.05, 4.69) is 25.3 Å². The average Bonchev–Trinajstić information content (AvgIpc) is 2.70. The van der Waals surface area contributed by atoms with E-state index in [4.69, 9.17) is 4.74 Å². The maximum atomic E-state index is 12.4. The molecule has 134 valence electrons. The normalized spacial score (nSPS) is 10.7. The van der Waals surface area contributed by atoms with Crippen LogP contribution in [0.15, 0.2) is 60.0 Å². The van der Waals surface area contributed by atoms with Crippen LogP contribution in [0.5, 0.6) is 5.75 Å². The molecule has 4 rings (SSSR count). The van der Waals surface area contributed by atoms with Crippen LogP contribution in [-0.2, 0) is 0 Å². The summed E-state index contributed by atoms with van der Waals surface area (Å²) in [4.78, 5) is 27.9. The van der Waals surface area contributed by atoms with Crippen LogP contribution in [0.25, 0.3) is 22.0 Å². The van der Waals surface area contributed by atoms with Crippen molar-refractivity contribution < 1.29 is 4.74 Å². The maximum Gasteiger partial charge on any atom is 0.259 e. The summed E-state index contributed by atoms with van der Waals surface area (Å²) in [5.41, 5.74) is 3.03. The van der Waals surface area contributed by atoms with E-state index in [9.17, 15) is 4.79 Å². The first-order valence-electron chi connectivity index (χ1n) is 8.35. The van der Waals surface area contributed by atoms with Gasteiger partial charge in [0.1, 0.15) is 17.9 Å². The Morgan fingerprint density at radius 2 is 1.93 bits per heavy atom. The number of aryl methyl sites for hydroxylation is 1. The van der Waals surface area contributed by atoms with E-state index in [1.807, 2.05) is 37.3 Å². The molecule has 3 heterocycles. The standard InChI is InChI=1S/C20H17N5O2/c1-12-3-4-15(8-17(12)27-2)24-19-18-13(5-6-23-20(18)26)7-16(25-19)14-9-21-11-22-10-14/h3-11H,1-2H3,(H,23,26)(H,24,25). The molecule has 1 aromatic carbocycles. The lowest BCUT2D eigenvalue weighted by atomic mass is 10.1. The molecule has 0 aliphatic carbocycles. The minimum Gasteiger partial charge on any atom is -0.496 e. The van der Waals surface area contributed by atoms with Crippen LogP contribution in [-0.4, -0.2) is 27.0 Å². The topological polar surface area (TPSA) is 92.8 Å². The Morgan fingerprint density at radius 3 is 2.70 bits per heavy atom. The first-order chi connectivity index (χ1) is 13.2. The molecule has 0 unspecified atom stereocenters. The van der Waals surface area contributed by atoms with Crippen LogP contribution >= 0.6 is 0 Å². The second kappa shape index (κ2) is 6.87. The predicted molar refractivity (Wildman–Crippen MR) is 104 cm³/mol. The summed E-state index contributed by atoms with van der Waals surface area (Å²) < 4.78 is 5.38. The van der Waals surface area contributed by atoms with E-state index in [1.165, 1.54) is 6.33 Å². The highest BCUT2D eigenvalue weighted by molar-refractivity contribution is 5.95. The minimum atomic E-state index is -0.211. The quantitative estimate of drug-likeness (QED) is 0.580. The Balaban J connectivity index is 1.89. The van der Waals surface area contributed by atoms with Crippen molar-refractivity contribution in [2.75, 3.05) is 12.4 Å². The van der Waals surface area contributed by atoms with Crippen LogP contribution in [0.3, 0.4) is 0 Å². The third-order valence-electron chi connectivity index (χ3n) is 4.28. The van der Waals surface area contributed by atoms with Crippen LogP contribution in [0.4, 0.5) is 11.5 Å². The smallest absolute Gasteiger partial charge is 0.259 e. The van der Waals surface area contributed by atoms with Gasteiger partial charge in [-0.1, -0.05) is 6.07 Å². The van der Waals surface area contributed by atoms with Crippen molar-refractivity contribution >= 4 is 22.3 Å². The van der Waals surface area contributed by atoms with Gasteiger partial charge in [0.2, 0.25) is 0 Å². The highest BCUT2D eigenvalue weighted by Crippen LogP contribution is 2.29. The van der Waals surface area contributed by atoms with Crippen molar-refractivity contribution in [2.45, 2.75) is 6.92 Å². The van der Waals surface area contributed by atoms with E-state index >= 15 is 0 Å². The monoisotopic (exact) mass is 359 g/mol. The minimum absolute atomic E-state index is 0.211. The summed E-state index contributed by atoms with van der Waals surface area (Å²) >= 11 is 0. The third kappa shape index (κ3) is 3.22. The highest BCUT2D eigenvalue weighted by Gasteiger charge is 2.12. The fourth-order valence-corrected chi connectivity index (χ4v) is 2.92. The number of hydrogen-bond donors (Lipinski definition) is 2. The summed E-state index contributed by atoms with van der Waals surface area (Å²) in [6.07, 6.45) is 6.46. The number of rotatable bonds is 4. The molecule has 0 aliphatic rings. The van der Waals surface area contributed by atoms with Crippen molar-refractivity contribution in [3.8, 4) is 17.0 Å². The predicted octanol–water partition coefficient (Wildman–Crippen LogP) is 3.44. The molecule has 0 radical (unpaired) electrons. The SMILES string of the molecule is COc1cc(Nc2nc(-c3cncnc3)cc3cc[nH]c(=O)c23)ccc1C. The number of aromatic nitrogens is 4. The lowest BCUT2D eigenvalue weighted by Crippen LogP contribution is -2.09. The zero-order valence-corrected chi connectivity index (χ0v) is 14.9. The number of nitrogens with one attached hydrogen (secondary N) is 2. The van der Waals surface area contributed by atoms with Crippen molar-refractivity contribution in [3.63, 3.8) is 0 Å². The molecule has 0 fully saturated rings. The van der Waals surface area contributed by atoms with Crippen LogP contribution in [0.2, 0.25) is 0 Å². The highest BCUT2D eigenvalue weighted by atomic mass is 16.5. The van der Waals surface area contributed by atoms with Gasteiger partial charge in [0, 0.05) is 35.9 Å². The zero-order valence-electron chi connectivity index (χ0n) is 14.9. The molecule has 0 atom stereocenters. The Morgan fingerprint density at radius 1 is 1.11 bits per heavy atom. The number of hydrogen-bond acceptors (Lipinski definition) is 6. The number of fused-ring (bicyclic) bond motifs is 1. The van der Waals surface area contributed by atoms with Crippen LogP contribution in [0.1, 0.15) is 5.56 Å². The van der Waals surface area contributed by atoms with E-state index in [-0.39, 0.29) is 5.56 Å². The van der Waals surface area contributed by atoms with Gasteiger partial charge in [0.05, 0.1) is 18.2 Å². The molecule has 7 nitrogen and oxygen atoms in total. The molecular weight excluding hydrogens is 342 g/mol. The number of ether oxygens (including phenoxy) is 1.